The summed E-state index contributed by atoms with van der Waals surface area (Å²) >= 11 is 0. The van der Waals surface area contributed by atoms with E-state index >= 15 is 0 Å². The largest absolute Gasteiger partial charge is 0.491 e. The van der Waals surface area contributed by atoms with Gasteiger partial charge in [-0.15, -0.1) is 0 Å². The summed E-state index contributed by atoms with van der Waals surface area (Å²) in [6.07, 6.45) is 14.1. The van der Waals surface area contributed by atoms with Gasteiger partial charge < -0.3 is 34.8 Å². The van der Waals surface area contributed by atoms with E-state index in [1.165, 1.54) is 39.5 Å². The Morgan fingerprint density at radius 2 is 1.67 bits per heavy atom. The van der Waals surface area contributed by atoms with Crippen molar-refractivity contribution in [3.05, 3.63) is 113 Å². The van der Waals surface area contributed by atoms with Crippen molar-refractivity contribution in [3.8, 4) is 5.75 Å². The number of ether oxygens (including phenoxy) is 2. The molecule has 11 heteroatoms. The number of hydrogen-bond donors (Lipinski definition) is 2. The van der Waals surface area contributed by atoms with Crippen LogP contribution in [0, 0.1) is 11.3 Å². The molecule has 0 radical (unpaired) electrons. The summed E-state index contributed by atoms with van der Waals surface area (Å²) in [5.74, 6) is 1.42. The van der Waals surface area contributed by atoms with Gasteiger partial charge in [-0.2, -0.15) is 4.58 Å². The molecule has 11 nitrogen and oxygen atoms in total. The van der Waals surface area contributed by atoms with Gasteiger partial charge in [0.05, 0.1) is 24.1 Å². The number of nitrogens with one attached hydrogen (secondary N) is 2. The van der Waals surface area contributed by atoms with Gasteiger partial charge in [-0.25, -0.2) is 4.79 Å². The fourth-order valence-electron chi connectivity index (χ4n) is 11.8. The van der Waals surface area contributed by atoms with Gasteiger partial charge in [-0.05, 0) is 87.6 Å². The summed E-state index contributed by atoms with van der Waals surface area (Å²) < 4.78 is 14.2. The quantitative estimate of drug-likeness (QED) is 0.128. The van der Waals surface area contributed by atoms with Crippen molar-refractivity contribution in [2.24, 2.45) is 11.3 Å². The van der Waals surface area contributed by atoms with Crippen LogP contribution >= 0.6 is 0 Å². The Bertz CT molecular complexity index is 2350. The van der Waals surface area contributed by atoms with E-state index in [1.807, 2.05) is 21.9 Å². The van der Waals surface area contributed by atoms with E-state index in [4.69, 9.17) is 9.47 Å². The highest BCUT2D eigenvalue weighted by molar-refractivity contribution is 6.03. The first-order chi connectivity index (χ1) is 30.8. The van der Waals surface area contributed by atoms with Gasteiger partial charge in [0.2, 0.25) is 17.5 Å². The Hall–Kier alpha value is -5.42. The smallest absolute Gasteiger partial charge is 0.320 e. The number of benzene rings is 3. The number of allylic oxidation sites excluding steroid dienone is 4. The zero-order valence-electron chi connectivity index (χ0n) is 38.5. The molecule has 0 aromatic heterocycles. The highest BCUT2D eigenvalue weighted by Crippen LogP contribution is 2.53. The van der Waals surface area contributed by atoms with Gasteiger partial charge in [-0.1, -0.05) is 80.9 Å². The molecule has 6 aliphatic rings. The van der Waals surface area contributed by atoms with Gasteiger partial charge in [0.1, 0.15) is 26.0 Å². The number of likely N-dealkylation sites (tertiary alicyclic amines) is 2. The fourth-order valence-corrected chi connectivity index (χ4v) is 11.8. The molecule has 1 saturated carbocycles. The minimum absolute atomic E-state index is 0.00509. The van der Waals surface area contributed by atoms with Gasteiger partial charge in [0.15, 0.2) is 5.71 Å². The minimum Gasteiger partial charge on any atom is -0.491 e. The molecule has 1 spiro atoms. The van der Waals surface area contributed by atoms with Gasteiger partial charge in [0.25, 0.3) is 0 Å². The zero-order chi connectivity index (χ0) is 44.6. The number of unbranched alkanes of at least 4 members (excludes halogenated alkanes) is 2. The predicted molar refractivity (Wildman–Crippen MR) is 251 cm³/mol. The first-order valence-corrected chi connectivity index (χ1v) is 23.7. The Balaban J connectivity index is 0.688. The fraction of sp³-hybridized carbons (Fsp3) is 0.509. The Kier molecular flexibility index (Phi) is 12.2. The standard InChI is InChI=1S/C53H66N6O5/c1-51(2)39-17-9-11-19-42(39)56(5)46(51)22-15-23-47-52(3,4)40-18-10-12-20-43(40)59(47)27-14-6-7-24-48(60)54-26-29-63-44-21-13-8-16-38(44)30-37-31-53(32-37)35-58(36-53)50(62)57-28-25-45-41(33-57)55-49(61)34-64-45/h8-13,15-23,37,41,45H,6-7,14,24-36H2,1-5H3,(H-,54,55,60,61)/p+1/t41-,45+/m1/s1. The molecule has 2 atom stereocenters. The molecule has 3 aromatic carbocycles. The number of anilines is 1. The third-order valence-electron chi connectivity index (χ3n) is 15.1. The van der Waals surface area contributed by atoms with Crippen LogP contribution in [0.2, 0.25) is 0 Å². The summed E-state index contributed by atoms with van der Waals surface area (Å²) in [7, 11) is 2.17. The van der Waals surface area contributed by atoms with Gasteiger partial charge in [-0.3, -0.25) is 9.59 Å². The topological polar surface area (TPSA) is 106 Å². The van der Waals surface area contributed by atoms with Crippen molar-refractivity contribution < 1.29 is 28.4 Å². The second kappa shape index (κ2) is 17.9. The summed E-state index contributed by atoms with van der Waals surface area (Å²) in [6, 6.07) is 25.7. The lowest BCUT2D eigenvalue weighted by Crippen LogP contribution is -2.68. The highest BCUT2D eigenvalue weighted by atomic mass is 16.5. The van der Waals surface area contributed by atoms with Crippen molar-refractivity contribution in [2.75, 3.05) is 64.4 Å². The van der Waals surface area contributed by atoms with Crippen LogP contribution in [0.1, 0.15) is 89.3 Å². The molecule has 1 aliphatic carbocycles. The molecule has 4 amide bonds. The van der Waals surface area contributed by atoms with Crippen molar-refractivity contribution >= 4 is 34.9 Å². The molecule has 3 saturated heterocycles. The monoisotopic (exact) mass is 868 g/mol. The van der Waals surface area contributed by atoms with Crippen LogP contribution in [0.3, 0.4) is 0 Å². The normalized spacial score (nSPS) is 23.4. The van der Waals surface area contributed by atoms with E-state index in [9.17, 15) is 14.4 Å². The van der Waals surface area contributed by atoms with Crippen LogP contribution in [0.15, 0.2) is 96.7 Å². The van der Waals surface area contributed by atoms with E-state index in [1.54, 1.807) is 0 Å². The lowest BCUT2D eigenvalue weighted by molar-refractivity contribution is -0.401. The average molecular weight is 868 g/mol. The van der Waals surface area contributed by atoms with E-state index in [0.29, 0.717) is 38.6 Å². The molecule has 5 heterocycles. The Morgan fingerprint density at radius 3 is 2.48 bits per heavy atom. The zero-order valence-corrected chi connectivity index (χ0v) is 38.5. The molecular formula is C53H67N6O5+. The molecule has 5 aliphatic heterocycles. The van der Waals surface area contributed by atoms with Crippen LogP contribution in [-0.2, 0) is 31.6 Å². The van der Waals surface area contributed by atoms with Crippen LogP contribution in [0.5, 0.6) is 5.75 Å². The summed E-state index contributed by atoms with van der Waals surface area (Å²) in [4.78, 5) is 44.3. The molecule has 0 bridgehead atoms. The predicted octanol–water partition coefficient (Wildman–Crippen LogP) is 7.65. The van der Waals surface area contributed by atoms with Crippen LogP contribution in [-0.4, -0.2) is 110 Å². The Morgan fingerprint density at radius 1 is 0.922 bits per heavy atom. The number of piperidine rings is 1. The third kappa shape index (κ3) is 8.60. The molecule has 64 heavy (non-hydrogen) atoms. The summed E-state index contributed by atoms with van der Waals surface area (Å²) in [6.45, 7) is 14.0. The molecule has 2 N–H and O–H groups in total. The lowest BCUT2D eigenvalue weighted by Gasteiger charge is -2.60. The van der Waals surface area contributed by atoms with E-state index < -0.39 is 0 Å². The number of morpholine rings is 1. The molecule has 4 fully saturated rings. The highest BCUT2D eigenvalue weighted by Gasteiger charge is 2.54. The number of hydrogen-bond acceptors (Lipinski definition) is 6. The maximum atomic E-state index is 13.3. The Labute approximate surface area is 379 Å². The number of amides is 4. The number of carbonyl (C=O) groups is 3. The molecular weight excluding hydrogens is 801 g/mol. The summed E-state index contributed by atoms with van der Waals surface area (Å²) in [5.41, 5.74) is 9.09. The van der Waals surface area contributed by atoms with Gasteiger partial charge >= 0.3 is 6.03 Å². The minimum atomic E-state index is -0.122. The van der Waals surface area contributed by atoms with Crippen molar-refractivity contribution in [1.82, 2.24) is 20.4 Å². The maximum absolute atomic E-state index is 13.3. The second-order valence-electron chi connectivity index (χ2n) is 20.3. The van der Waals surface area contributed by atoms with E-state index in [0.717, 1.165) is 70.3 Å². The van der Waals surface area contributed by atoms with E-state index in [-0.39, 0.29) is 52.8 Å². The molecule has 0 unspecified atom stereocenters. The first-order valence-electron chi connectivity index (χ1n) is 23.7. The second-order valence-corrected chi connectivity index (χ2v) is 20.3. The number of fused-ring (bicyclic) bond motifs is 3. The first kappa shape index (κ1) is 43.8. The third-order valence-corrected chi connectivity index (χ3v) is 15.1. The molecule has 338 valence electrons. The number of carbonyl (C=O) groups excluding carboxylic acids is 3. The lowest BCUT2D eigenvalue weighted by atomic mass is 9.56. The number of para-hydroxylation sites is 3. The average Bonchev–Trinajstić information content (AvgIpc) is 3.59. The van der Waals surface area contributed by atoms with Crippen molar-refractivity contribution in [1.29, 1.82) is 0 Å². The molecule has 9 rings (SSSR count). The van der Waals surface area contributed by atoms with E-state index in [2.05, 4.69) is 134 Å². The summed E-state index contributed by atoms with van der Waals surface area (Å²) in [5, 5.41) is 6.08. The van der Waals surface area contributed by atoms with Crippen LogP contribution in [0.4, 0.5) is 16.2 Å². The van der Waals surface area contributed by atoms with Crippen LogP contribution < -0.4 is 20.3 Å². The number of urea groups is 1. The number of nitrogens with zero attached hydrogens (tertiary/aromatic N) is 4. The molecule has 3 aromatic rings. The number of rotatable bonds is 14. The van der Waals surface area contributed by atoms with Crippen molar-refractivity contribution in [2.45, 2.75) is 102 Å². The SMILES string of the molecule is C[N+]1=C(C=CC=C2N(CCCCCC(=O)NCCOc3ccccc3CC3CC4(C3)CN(C(=O)N3CC[C@@H]5OCC(=O)N[C@@H]5C3)C4)c3ccccc3C2(C)C)C(C)(C)c2ccccc21. The van der Waals surface area contributed by atoms with Crippen molar-refractivity contribution in [3.63, 3.8) is 0 Å². The van der Waals surface area contributed by atoms with Gasteiger partial charge in [0, 0.05) is 79.1 Å². The maximum Gasteiger partial charge on any atom is 0.320 e. The van der Waals surface area contributed by atoms with Crippen LogP contribution in [0.25, 0.3) is 0 Å².